The average molecular weight is 375 g/mol. The lowest BCUT2D eigenvalue weighted by Crippen LogP contribution is -2.06. The van der Waals surface area contributed by atoms with Crippen LogP contribution in [-0.2, 0) is 11.3 Å². The molecule has 25 heavy (non-hydrogen) atoms. The van der Waals surface area contributed by atoms with E-state index in [1.54, 1.807) is 17.5 Å². The quantitative estimate of drug-likeness (QED) is 0.366. The van der Waals surface area contributed by atoms with Crippen LogP contribution in [0.4, 0.5) is 5.69 Å². The van der Waals surface area contributed by atoms with Gasteiger partial charge in [0.2, 0.25) is 0 Å². The maximum absolute atomic E-state index is 12.0. The molecule has 3 rings (SSSR count). The van der Waals surface area contributed by atoms with Crippen LogP contribution in [0.3, 0.4) is 0 Å². The third kappa shape index (κ3) is 4.20. The molecule has 3 aromatic rings. The highest BCUT2D eigenvalue weighted by Gasteiger charge is 2.13. The smallest absolute Gasteiger partial charge is 0.338 e. The molecule has 126 valence electrons. The van der Waals surface area contributed by atoms with Crippen LogP contribution in [0.2, 0.25) is 5.02 Å². The Morgan fingerprint density at radius 2 is 2.00 bits per heavy atom. The van der Waals surface area contributed by atoms with Crippen molar-refractivity contribution in [2.75, 3.05) is 0 Å². The number of esters is 1. The van der Waals surface area contributed by atoms with Crippen LogP contribution in [0, 0.1) is 10.1 Å². The second kappa shape index (κ2) is 7.42. The fourth-order valence-electron chi connectivity index (χ4n) is 2.07. The Bertz CT molecular complexity index is 924. The molecule has 2 aromatic carbocycles. The molecule has 0 amide bonds. The predicted octanol–water partition coefficient (Wildman–Crippen LogP) is 4.73. The van der Waals surface area contributed by atoms with Gasteiger partial charge in [-0.2, -0.15) is 0 Å². The van der Waals surface area contributed by atoms with E-state index in [0.29, 0.717) is 10.7 Å². The van der Waals surface area contributed by atoms with Gasteiger partial charge in [0.25, 0.3) is 5.69 Å². The van der Waals surface area contributed by atoms with Gasteiger partial charge in [0, 0.05) is 28.1 Å². The third-order valence-electron chi connectivity index (χ3n) is 3.29. The zero-order chi connectivity index (χ0) is 17.8. The summed E-state index contributed by atoms with van der Waals surface area (Å²) < 4.78 is 5.18. The van der Waals surface area contributed by atoms with E-state index in [9.17, 15) is 14.9 Å². The van der Waals surface area contributed by atoms with E-state index in [2.05, 4.69) is 4.98 Å². The number of carbonyl (C=O) groups excluding carboxylic acids is 1. The topological polar surface area (TPSA) is 82.3 Å². The first kappa shape index (κ1) is 17.1. The first-order valence-corrected chi connectivity index (χ1v) is 8.40. The second-order valence-corrected chi connectivity index (χ2v) is 6.33. The monoisotopic (exact) mass is 374 g/mol. The summed E-state index contributed by atoms with van der Waals surface area (Å²) in [6.45, 7) is -0.00832. The van der Waals surface area contributed by atoms with Gasteiger partial charge in [-0.3, -0.25) is 10.1 Å². The molecular weight excluding hydrogens is 364 g/mol. The third-order valence-corrected chi connectivity index (χ3v) is 4.48. The van der Waals surface area contributed by atoms with Crippen LogP contribution >= 0.6 is 22.9 Å². The number of thiazole rings is 1. The van der Waals surface area contributed by atoms with E-state index in [-0.39, 0.29) is 17.9 Å². The van der Waals surface area contributed by atoms with Crippen molar-refractivity contribution < 1.29 is 14.5 Å². The molecule has 0 N–H and O–H groups in total. The Labute approximate surface area is 151 Å². The lowest BCUT2D eigenvalue weighted by atomic mass is 10.2. The van der Waals surface area contributed by atoms with Gasteiger partial charge in [-0.05, 0) is 18.2 Å². The molecule has 0 radical (unpaired) electrons. The van der Waals surface area contributed by atoms with Crippen molar-refractivity contribution >= 4 is 34.6 Å². The molecule has 1 heterocycles. The molecule has 0 aliphatic carbocycles. The summed E-state index contributed by atoms with van der Waals surface area (Å²) in [5.74, 6) is -0.634. The minimum Gasteiger partial charge on any atom is -0.456 e. The Morgan fingerprint density at radius 1 is 1.24 bits per heavy atom. The van der Waals surface area contributed by atoms with E-state index >= 15 is 0 Å². The molecular formula is C17H11ClN2O4S. The highest BCUT2D eigenvalue weighted by molar-refractivity contribution is 7.13. The first-order valence-electron chi connectivity index (χ1n) is 7.15. The van der Waals surface area contributed by atoms with Crippen molar-refractivity contribution in [3.63, 3.8) is 0 Å². The molecule has 0 unspecified atom stereocenters. The molecule has 6 nitrogen and oxygen atoms in total. The molecule has 8 heteroatoms. The van der Waals surface area contributed by atoms with Gasteiger partial charge >= 0.3 is 5.97 Å². The van der Waals surface area contributed by atoms with Gasteiger partial charge in [0.15, 0.2) is 0 Å². The summed E-state index contributed by atoms with van der Waals surface area (Å²) in [6, 6.07) is 12.7. The maximum Gasteiger partial charge on any atom is 0.338 e. The van der Waals surface area contributed by atoms with Crippen molar-refractivity contribution in [1.82, 2.24) is 4.98 Å². The highest BCUT2D eigenvalue weighted by Crippen LogP contribution is 2.25. The van der Waals surface area contributed by atoms with Gasteiger partial charge in [-0.25, -0.2) is 9.78 Å². The zero-order valence-electron chi connectivity index (χ0n) is 12.7. The number of carbonyl (C=O) groups is 1. The van der Waals surface area contributed by atoms with Crippen LogP contribution in [0.1, 0.15) is 16.1 Å². The van der Waals surface area contributed by atoms with Gasteiger partial charge in [-0.1, -0.05) is 29.8 Å². The Balaban J connectivity index is 1.66. The zero-order valence-corrected chi connectivity index (χ0v) is 14.3. The summed E-state index contributed by atoms with van der Waals surface area (Å²) in [6.07, 6.45) is 0. The second-order valence-electron chi connectivity index (χ2n) is 5.03. The van der Waals surface area contributed by atoms with Gasteiger partial charge in [0.1, 0.15) is 11.6 Å². The summed E-state index contributed by atoms with van der Waals surface area (Å²) in [5, 5.41) is 14.0. The number of benzene rings is 2. The van der Waals surface area contributed by atoms with Gasteiger partial charge in [0.05, 0.1) is 16.2 Å². The van der Waals surface area contributed by atoms with E-state index in [1.807, 2.05) is 12.1 Å². The minimum absolute atomic E-state index is 0.00832. The minimum atomic E-state index is -0.634. The van der Waals surface area contributed by atoms with Crippen molar-refractivity contribution in [3.8, 4) is 10.6 Å². The van der Waals surface area contributed by atoms with E-state index in [0.717, 1.165) is 10.6 Å². The Hall–Kier alpha value is -2.77. The van der Waals surface area contributed by atoms with E-state index in [1.165, 1.54) is 35.6 Å². The van der Waals surface area contributed by atoms with Crippen molar-refractivity contribution in [1.29, 1.82) is 0 Å². The average Bonchev–Trinajstić information content (AvgIpc) is 3.09. The standard InChI is InChI=1S/C17H11ClN2O4S/c18-13-6-4-11(5-7-13)16-19-14(10-25-16)9-24-17(21)12-2-1-3-15(8-12)20(22)23/h1-8,10H,9H2. The first-order chi connectivity index (χ1) is 12.0. The number of halogens is 1. The molecule has 0 bridgehead atoms. The van der Waals surface area contributed by atoms with Crippen LogP contribution in [0.5, 0.6) is 0 Å². The molecule has 1 aromatic heterocycles. The molecule has 0 aliphatic heterocycles. The van der Waals surface area contributed by atoms with Crippen molar-refractivity contribution in [2.45, 2.75) is 6.61 Å². The Morgan fingerprint density at radius 3 is 2.72 bits per heavy atom. The number of nitro groups is 1. The summed E-state index contributed by atoms with van der Waals surface area (Å²) in [7, 11) is 0. The predicted molar refractivity (Wildman–Crippen MR) is 94.8 cm³/mol. The number of nitrogens with zero attached hydrogens (tertiary/aromatic N) is 2. The summed E-state index contributed by atoms with van der Waals surface area (Å²) in [4.78, 5) is 26.6. The fourth-order valence-corrected chi connectivity index (χ4v) is 3.00. The molecule has 0 saturated heterocycles. The molecule has 0 aliphatic rings. The van der Waals surface area contributed by atoms with Crippen molar-refractivity contribution in [2.24, 2.45) is 0 Å². The number of ether oxygens (including phenoxy) is 1. The van der Waals surface area contributed by atoms with E-state index < -0.39 is 10.9 Å². The number of non-ortho nitro benzene ring substituents is 1. The summed E-state index contributed by atoms with van der Waals surface area (Å²) in [5.41, 5.74) is 1.50. The molecule has 0 saturated carbocycles. The summed E-state index contributed by atoms with van der Waals surface area (Å²) >= 11 is 7.29. The number of rotatable bonds is 5. The Kier molecular flexibility index (Phi) is 5.06. The highest BCUT2D eigenvalue weighted by atomic mass is 35.5. The maximum atomic E-state index is 12.0. The van der Waals surface area contributed by atoms with Crippen LogP contribution < -0.4 is 0 Å². The molecule has 0 fully saturated rings. The number of nitro benzene ring substituents is 1. The lowest BCUT2D eigenvalue weighted by Gasteiger charge is -2.03. The molecule has 0 spiro atoms. The van der Waals surface area contributed by atoms with Gasteiger partial charge < -0.3 is 4.74 Å². The van der Waals surface area contributed by atoms with Crippen molar-refractivity contribution in [3.05, 3.63) is 80.3 Å². The van der Waals surface area contributed by atoms with E-state index in [4.69, 9.17) is 16.3 Å². The lowest BCUT2D eigenvalue weighted by molar-refractivity contribution is -0.384. The van der Waals surface area contributed by atoms with Crippen LogP contribution in [0.25, 0.3) is 10.6 Å². The molecule has 0 atom stereocenters. The largest absolute Gasteiger partial charge is 0.456 e. The number of hydrogen-bond acceptors (Lipinski definition) is 6. The fraction of sp³-hybridized carbons (Fsp3) is 0.0588. The number of aromatic nitrogens is 1. The number of hydrogen-bond donors (Lipinski definition) is 0. The van der Waals surface area contributed by atoms with Crippen LogP contribution in [-0.4, -0.2) is 15.9 Å². The SMILES string of the molecule is O=C(OCc1csc(-c2ccc(Cl)cc2)n1)c1cccc([N+](=O)[O-])c1. The van der Waals surface area contributed by atoms with Crippen LogP contribution in [0.15, 0.2) is 53.9 Å². The normalized spacial score (nSPS) is 10.4. The van der Waals surface area contributed by atoms with Gasteiger partial charge in [-0.15, -0.1) is 11.3 Å².